The second-order valence-corrected chi connectivity index (χ2v) is 7.89. The van der Waals surface area contributed by atoms with Crippen LogP contribution in [0.1, 0.15) is 23.2 Å². The minimum Gasteiger partial charge on any atom is -0.352 e. The molecule has 0 spiro atoms. The second-order valence-electron chi connectivity index (χ2n) is 4.14. The van der Waals surface area contributed by atoms with Gasteiger partial charge in [-0.15, -0.1) is 23.7 Å². The number of thiophene rings is 1. The lowest BCUT2D eigenvalue weighted by Crippen LogP contribution is -2.26. The van der Waals surface area contributed by atoms with Gasteiger partial charge >= 0.3 is 0 Å². The minimum absolute atomic E-state index is 0. The first kappa shape index (κ1) is 16.4. The molecule has 1 aliphatic rings. The van der Waals surface area contributed by atoms with Crippen LogP contribution >= 0.6 is 55.6 Å². The van der Waals surface area contributed by atoms with Gasteiger partial charge in [0, 0.05) is 6.54 Å². The van der Waals surface area contributed by atoms with Crippen molar-refractivity contribution in [3.63, 3.8) is 0 Å². The highest BCUT2D eigenvalue weighted by molar-refractivity contribution is 9.12. The summed E-state index contributed by atoms with van der Waals surface area (Å²) in [5.41, 5.74) is 0.714. The summed E-state index contributed by atoms with van der Waals surface area (Å²) in [5.74, 6) is 0.720. The molecule has 1 amide bonds. The van der Waals surface area contributed by atoms with Crippen LogP contribution in [0.4, 0.5) is 0 Å². The van der Waals surface area contributed by atoms with E-state index in [0.717, 1.165) is 33.6 Å². The molecule has 3 nitrogen and oxygen atoms in total. The summed E-state index contributed by atoms with van der Waals surface area (Å²) in [7, 11) is 0. The number of amides is 1. The number of hydrogen-bond donors (Lipinski definition) is 2. The van der Waals surface area contributed by atoms with Gasteiger partial charge in [0.2, 0.25) is 0 Å². The third-order valence-electron chi connectivity index (χ3n) is 2.90. The molecule has 0 radical (unpaired) electrons. The van der Waals surface area contributed by atoms with Crippen molar-refractivity contribution in [1.29, 1.82) is 0 Å². The molecule has 1 fully saturated rings. The number of carbonyl (C=O) groups is 1. The number of nitrogens with one attached hydrogen (secondary N) is 2. The molecular formula is C11H15Br2ClN2OS. The Morgan fingerprint density at radius 3 is 2.89 bits per heavy atom. The van der Waals surface area contributed by atoms with Gasteiger partial charge in [0.15, 0.2) is 0 Å². The molecule has 2 heterocycles. The molecule has 102 valence electrons. The van der Waals surface area contributed by atoms with E-state index < -0.39 is 0 Å². The predicted molar refractivity (Wildman–Crippen MR) is 84.9 cm³/mol. The SMILES string of the molecule is Cl.O=C(NCCC1CCNC1)c1cc(Br)sc1Br. The molecule has 18 heavy (non-hydrogen) atoms. The van der Waals surface area contributed by atoms with E-state index in [1.165, 1.54) is 17.8 Å². The molecule has 1 unspecified atom stereocenters. The topological polar surface area (TPSA) is 41.1 Å². The maximum absolute atomic E-state index is 11.9. The van der Waals surface area contributed by atoms with Gasteiger partial charge in [0.05, 0.1) is 13.1 Å². The van der Waals surface area contributed by atoms with Gasteiger partial charge in [-0.3, -0.25) is 4.79 Å². The fraction of sp³-hybridized carbons (Fsp3) is 0.545. The van der Waals surface area contributed by atoms with E-state index in [0.29, 0.717) is 11.5 Å². The Balaban J connectivity index is 0.00000162. The standard InChI is InChI=1S/C11H14Br2N2OS.ClH/c12-9-5-8(10(13)17-9)11(16)15-4-2-7-1-3-14-6-7;/h5,7,14H,1-4,6H2,(H,15,16);1H. The first-order chi connectivity index (χ1) is 8.16. The third kappa shape index (κ3) is 4.49. The lowest BCUT2D eigenvalue weighted by Gasteiger charge is -2.08. The van der Waals surface area contributed by atoms with Crippen LogP contribution < -0.4 is 10.6 Å². The fourth-order valence-corrected chi connectivity index (χ4v) is 4.73. The number of hydrogen-bond acceptors (Lipinski definition) is 3. The highest BCUT2D eigenvalue weighted by Crippen LogP contribution is 2.31. The first-order valence-electron chi connectivity index (χ1n) is 5.60. The van der Waals surface area contributed by atoms with Crippen LogP contribution in [0, 0.1) is 5.92 Å². The molecule has 0 saturated carbocycles. The molecule has 1 aliphatic heterocycles. The average molecular weight is 419 g/mol. The molecular weight excluding hydrogens is 403 g/mol. The highest BCUT2D eigenvalue weighted by Gasteiger charge is 2.16. The van der Waals surface area contributed by atoms with Crippen molar-refractivity contribution in [2.24, 2.45) is 5.92 Å². The Morgan fingerprint density at radius 1 is 1.56 bits per heavy atom. The maximum atomic E-state index is 11.9. The normalized spacial score (nSPS) is 18.4. The van der Waals surface area contributed by atoms with Crippen molar-refractivity contribution < 1.29 is 4.79 Å². The molecule has 1 aromatic rings. The Kier molecular flexibility index (Phi) is 7.16. The van der Waals surface area contributed by atoms with Gasteiger partial charge < -0.3 is 10.6 Å². The number of halogens is 3. The fourth-order valence-electron chi connectivity index (χ4n) is 1.94. The van der Waals surface area contributed by atoms with E-state index in [4.69, 9.17) is 0 Å². The number of rotatable bonds is 4. The Morgan fingerprint density at radius 2 is 2.33 bits per heavy atom. The van der Waals surface area contributed by atoms with Crippen LogP contribution in [0.5, 0.6) is 0 Å². The largest absolute Gasteiger partial charge is 0.352 e. The minimum atomic E-state index is 0. The van der Waals surface area contributed by atoms with E-state index in [9.17, 15) is 4.79 Å². The van der Waals surface area contributed by atoms with Crippen molar-refractivity contribution in [3.05, 3.63) is 19.2 Å². The Hall–Kier alpha value is 0.380. The summed E-state index contributed by atoms with van der Waals surface area (Å²) in [6, 6.07) is 1.85. The van der Waals surface area contributed by atoms with Gasteiger partial charge in [0.25, 0.3) is 5.91 Å². The van der Waals surface area contributed by atoms with Crippen LogP contribution in [0.15, 0.2) is 13.6 Å². The average Bonchev–Trinajstić information content (AvgIpc) is 2.88. The quantitative estimate of drug-likeness (QED) is 0.787. The summed E-state index contributed by atoms with van der Waals surface area (Å²) in [4.78, 5) is 11.9. The second kappa shape index (κ2) is 7.85. The molecule has 1 saturated heterocycles. The first-order valence-corrected chi connectivity index (χ1v) is 8.01. The molecule has 1 atom stereocenters. The summed E-state index contributed by atoms with van der Waals surface area (Å²) in [6.07, 6.45) is 2.28. The van der Waals surface area contributed by atoms with Crippen LogP contribution in [-0.2, 0) is 0 Å². The van der Waals surface area contributed by atoms with Crippen LogP contribution in [0.3, 0.4) is 0 Å². The van der Waals surface area contributed by atoms with Crippen LogP contribution in [-0.4, -0.2) is 25.5 Å². The monoisotopic (exact) mass is 416 g/mol. The zero-order valence-corrected chi connectivity index (χ0v) is 14.5. The molecule has 0 aliphatic carbocycles. The van der Waals surface area contributed by atoms with Crippen molar-refractivity contribution in [2.45, 2.75) is 12.8 Å². The van der Waals surface area contributed by atoms with Crippen molar-refractivity contribution in [2.75, 3.05) is 19.6 Å². The van der Waals surface area contributed by atoms with E-state index >= 15 is 0 Å². The lowest BCUT2D eigenvalue weighted by atomic mass is 10.1. The van der Waals surface area contributed by atoms with E-state index in [1.807, 2.05) is 6.07 Å². The van der Waals surface area contributed by atoms with Crippen molar-refractivity contribution in [3.8, 4) is 0 Å². The Labute approximate surface area is 134 Å². The molecule has 2 rings (SSSR count). The molecule has 0 aromatic carbocycles. The zero-order valence-electron chi connectivity index (χ0n) is 9.67. The van der Waals surface area contributed by atoms with Crippen molar-refractivity contribution in [1.82, 2.24) is 10.6 Å². The smallest absolute Gasteiger partial charge is 0.253 e. The van der Waals surface area contributed by atoms with E-state index in [-0.39, 0.29) is 18.3 Å². The van der Waals surface area contributed by atoms with Crippen LogP contribution in [0.2, 0.25) is 0 Å². The highest BCUT2D eigenvalue weighted by atomic mass is 79.9. The van der Waals surface area contributed by atoms with Gasteiger partial charge in [-0.05, 0) is 69.8 Å². The van der Waals surface area contributed by atoms with Gasteiger partial charge in [0.1, 0.15) is 0 Å². The Bertz CT molecular complexity index is 408. The van der Waals surface area contributed by atoms with Crippen molar-refractivity contribution >= 4 is 61.5 Å². The maximum Gasteiger partial charge on any atom is 0.253 e. The summed E-state index contributed by atoms with van der Waals surface area (Å²) >= 11 is 8.29. The summed E-state index contributed by atoms with van der Waals surface area (Å²) in [6.45, 7) is 2.95. The molecule has 0 bridgehead atoms. The molecule has 2 N–H and O–H groups in total. The molecule has 7 heteroatoms. The predicted octanol–water partition coefficient (Wildman–Crippen LogP) is 3.42. The summed E-state index contributed by atoms with van der Waals surface area (Å²) in [5, 5.41) is 6.30. The molecule has 1 aromatic heterocycles. The van der Waals surface area contributed by atoms with Gasteiger partial charge in [-0.2, -0.15) is 0 Å². The summed E-state index contributed by atoms with van der Waals surface area (Å²) < 4.78 is 1.85. The van der Waals surface area contributed by atoms with Gasteiger partial charge in [-0.25, -0.2) is 0 Å². The van der Waals surface area contributed by atoms with E-state index in [1.54, 1.807) is 0 Å². The zero-order chi connectivity index (χ0) is 12.3. The number of carbonyl (C=O) groups excluding carboxylic acids is 1. The lowest BCUT2D eigenvalue weighted by molar-refractivity contribution is 0.0951. The van der Waals surface area contributed by atoms with E-state index in [2.05, 4.69) is 42.5 Å². The van der Waals surface area contributed by atoms with Gasteiger partial charge in [-0.1, -0.05) is 0 Å². The van der Waals surface area contributed by atoms with Crippen LogP contribution in [0.25, 0.3) is 0 Å². The third-order valence-corrected chi connectivity index (χ3v) is 5.24.